The van der Waals surface area contributed by atoms with Crippen LogP contribution in [0.5, 0.6) is 23.0 Å². The number of methoxy groups -OCH3 is 2. The van der Waals surface area contributed by atoms with Crippen molar-refractivity contribution in [1.82, 2.24) is 0 Å². The Morgan fingerprint density at radius 3 is 1.78 bits per heavy atom. The molecule has 1 atom stereocenters. The topological polar surface area (TPSA) is 54.0 Å². The van der Waals surface area contributed by atoms with Crippen molar-refractivity contribution >= 4 is 38.3 Å². The van der Waals surface area contributed by atoms with Crippen LogP contribution in [0.2, 0.25) is 0 Å². The molecule has 7 heteroatoms. The van der Waals surface area contributed by atoms with Crippen LogP contribution in [-0.2, 0) is 13.2 Å². The van der Waals surface area contributed by atoms with E-state index in [9.17, 15) is 4.79 Å². The first-order chi connectivity index (χ1) is 17.2. The largest absolute Gasteiger partial charge is 0.496 e. The summed E-state index contributed by atoms with van der Waals surface area (Å²) in [7, 11) is 2.90. The molecular formula is C29H27LiO5P. The van der Waals surface area contributed by atoms with Crippen LogP contribution in [0.25, 0.3) is 0 Å². The van der Waals surface area contributed by atoms with Gasteiger partial charge >= 0.3 is 0 Å². The fourth-order valence-electron chi connectivity index (χ4n) is 3.55. The Morgan fingerprint density at radius 2 is 1.22 bits per heavy atom. The second kappa shape index (κ2) is 13.8. The van der Waals surface area contributed by atoms with Gasteiger partial charge in [-0.2, -0.15) is 0 Å². The number of hydrogen-bond donors (Lipinski definition) is 0. The molecule has 1 radical (unpaired) electrons. The Morgan fingerprint density at radius 1 is 0.667 bits per heavy atom. The summed E-state index contributed by atoms with van der Waals surface area (Å²) in [6.07, 6.45) is 0. The number of rotatable bonds is 11. The minimum atomic E-state index is -0.187. The Labute approximate surface area is 225 Å². The van der Waals surface area contributed by atoms with Crippen molar-refractivity contribution in [2.24, 2.45) is 0 Å². The predicted molar refractivity (Wildman–Crippen MR) is 146 cm³/mol. The summed E-state index contributed by atoms with van der Waals surface area (Å²) in [6.45, 7) is 0.824. The molecule has 0 amide bonds. The SMILES string of the molecule is COc1cccc(OC)c1C(=O)Pc1ccc(OCc2ccccc2)cc1OCc1ccccc1.[Li]. The molecule has 0 spiro atoms. The van der Waals surface area contributed by atoms with Crippen LogP contribution >= 0.6 is 8.58 Å². The Bertz CT molecular complexity index is 1240. The first kappa shape index (κ1) is 27.4. The normalized spacial score (nSPS) is 10.5. The molecule has 36 heavy (non-hydrogen) atoms. The second-order valence-electron chi connectivity index (χ2n) is 7.70. The van der Waals surface area contributed by atoms with Crippen molar-refractivity contribution < 1.29 is 23.7 Å². The Balaban J connectivity index is 0.00000361. The fraction of sp³-hybridized carbons (Fsp3) is 0.138. The number of hydrogen-bond acceptors (Lipinski definition) is 5. The summed E-state index contributed by atoms with van der Waals surface area (Å²) in [4.78, 5) is 13.4. The van der Waals surface area contributed by atoms with E-state index < -0.39 is 0 Å². The van der Waals surface area contributed by atoms with Gasteiger partial charge in [-0.05, 0) is 44.0 Å². The van der Waals surface area contributed by atoms with Gasteiger partial charge in [-0.1, -0.05) is 66.7 Å². The zero-order valence-electron chi connectivity index (χ0n) is 20.7. The van der Waals surface area contributed by atoms with Crippen LogP contribution in [0.3, 0.4) is 0 Å². The molecule has 1 unspecified atom stereocenters. The molecular weight excluding hydrogens is 466 g/mol. The minimum absolute atomic E-state index is 0. The Kier molecular flexibility index (Phi) is 10.5. The molecule has 4 aromatic carbocycles. The van der Waals surface area contributed by atoms with E-state index in [-0.39, 0.29) is 33.0 Å². The van der Waals surface area contributed by atoms with Crippen molar-refractivity contribution in [3.63, 3.8) is 0 Å². The molecule has 0 aliphatic rings. The molecule has 0 bridgehead atoms. The van der Waals surface area contributed by atoms with Crippen LogP contribution in [0, 0.1) is 0 Å². The quantitative estimate of drug-likeness (QED) is 0.200. The molecule has 0 aliphatic carbocycles. The average Bonchev–Trinajstić information content (AvgIpc) is 2.92. The molecule has 0 fully saturated rings. The van der Waals surface area contributed by atoms with Gasteiger partial charge in [0.1, 0.15) is 41.8 Å². The number of carbonyl (C=O) groups excluding carboxylic acids is 1. The van der Waals surface area contributed by atoms with Crippen molar-refractivity contribution in [1.29, 1.82) is 0 Å². The van der Waals surface area contributed by atoms with Crippen molar-refractivity contribution in [2.75, 3.05) is 14.2 Å². The Hall–Kier alpha value is -3.22. The van der Waals surface area contributed by atoms with Gasteiger partial charge in [-0.25, -0.2) is 0 Å². The molecule has 179 valence electrons. The zero-order valence-corrected chi connectivity index (χ0v) is 21.7. The van der Waals surface area contributed by atoms with Crippen LogP contribution in [-0.4, -0.2) is 38.6 Å². The van der Waals surface area contributed by atoms with Gasteiger partial charge in [0.25, 0.3) is 0 Å². The smallest absolute Gasteiger partial charge is 0.193 e. The third kappa shape index (κ3) is 7.15. The van der Waals surface area contributed by atoms with Gasteiger partial charge in [0, 0.05) is 30.2 Å². The third-order valence-electron chi connectivity index (χ3n) is 5.34. The minimum Gasteiger partial charge on any atom is -0.496 e. The van der Waals surface area contributed by atoms with Crippen LogP contribution in [0.1, 0.15) is 21.5 Å². The van der Waals surface area contributed by atoms with E-state index in [0.717, 1.165) is 16.4 Å². The van der Waals surface area contributed by atoms with Gasteiger partial charge in [0.2, 0.25) is 0 Å². The maximum atomic E-state index is 13.4. The van der Waals surface area contributed by atoms with Gasteiger partial charge in [0.05, 0.1) is 14.2 Å². The number of ether oxygens (including phenoxy) is 4. The molecule has 0 heterocycles. The van der Waals surface area contributed by atoms with Crippen LogP contribution < -0.4 is 24.3 Å². The first-order valence-corrected chi connectivity index (χ1v) is 12.2. The van der Waals surface area contributed by atoms with E-state index in [0.29, 0.717) is 41.8 Å². The summed E-state index contributed by atoms with van der Waals surface area (Å²) >= 11 is 0. The van der Waals surface area contributed by atoms with Gasteiger partial charge in [0.15, 0.2) is 5.52 Å². The maximum Gasteiger partial charge on any atom is 0.193 e. The van der Waals surface area contributed by atoms with Gasteiger partial charge in [-0.3, -0.25) is 4.79 Å². The van der Waals surface area contributed by atoms with Gasteiger partial charge < -0.3 is 18.9 Å². The van der Waals surface area contributed by atoms with E-state index in [4.69, 9.17) is 18.9 Å². The molecule has 5 nitrogen and oxygen atoms in total. The molecule has 0 N–H and O–H groups in total. The summed E-state index contributed by atoms with van der Waals surface area (Å²) in [5.74, 6) is 2.25. The van der Waals surface area contributed by atoms with E-state index >= 15 is 0 Å². The third-order valence-corrected chi connectivity index (χ3v) is 6.50. The molecule has 4 aromatic rings. The van der Waals surface area contributed by atoms with Crippen LogP contribution in [0.15, 0.2) is 97.1 Å². The second-order valence-corrected chi connectivity index (χ2v) is 8.94. The van der Waals surface area contributed by atoms with Crippen molar-refractivity contribution in [2.45, 2.75) is 13.2 Å². The molecule has 0 aliphatic heterocycles. The van der Waals surface area contributed by atoms with E-state index in [1.54, 1.807) is 32.4 Å². The number of carbonyl (C=O) groups is 1. The maximum absolute atomic E-state index is 13.4. The molecule has 0 aromatic heterocycles. The summed E-state index contributed by atoms with van der Waals surface area (Å²) in [5.41, 5.74) is 2.44. The van der Waals surface area contributed by atoms with E-state index in [1.807, 2.05) is 78.9 Å². The fourth-order valence-corrected chi connectivity index (χ4v) is 4.60. The standard InChI is InChI=1S/C29H27O5P.Li/c1-31-24-14-9-15-25(32-2)28(24)29(30)35-27-17-16-23(33-19-21-10-5-3-6-11-21)18-26(27)34-20-22-12-7-4-8-13-22;/h3-18,35H,19-20H2,1-2H3;. The van der Waals surface area contributed by atoms with E-state index in [1.165, 1.54) is 0 Å². The summed E-state index contributed by atoms with van der Waals surface area (Å²) in [5, 5.41) is 0.783. The molecule has 0 saturated carbocycles. The molecule has 0 saturated heterocycles. The number of benzene rings is 4. The average molecular weight is 493 g/mol. The predicted octanol–water partition coefficient (Wildman–Crippen LogP) is 5.63. The van der Waals surface area contributed by atoms with Gasteiger partial charge in [-0.15, -0.1) is 0 Å². The monoisotopic (exact) mass is 493 g/mol. The summed E-state index contributed by atoms with van der Waals surface area (Å²) < 4.78 is 23.0. The van der Waals surface area contributed by atoms with Crippen molar-refractivity contribution in [3.05, 3.63) is 114 Å². The first-order valence-electron chi connectivity index (χ1n) is 11.2. The van der Waals surface area contributed by atoms with E-state index in [2.05, 4.69) is 0 Å². The van der Waals surface area contributed by atoms with Crippen LogP contribution in [0.4, 0.5) is 0 Å². The summed E-state index contributed by atoms with van der Waals surface area (Å²) in [6, 6.07) is 30.8. The van der Waals surface area contributed by atoms with Crippen molar-refractivity contribution in [3.8, 4) is 23.0 Å². The zero-order chi connectivity index (χ0) is 24.5. The molecule has 4 rings (SSSR count).